The highest BCUT2D eigenvalue weighted by molar-refractivity contribution is 7.80. The van der Waals surface area contributed by atoms with Crippen LogP contribution in [0.25, 0.3) is 0 Å². The van der Waals surface area contributed by atoms with Crippen molar-refractivity contribution in [2.24, 2.45) is 11.7 Å². The van der Waals surface area contributed by atoms with E-state index in [1.165, 1.54) is 12.8 Å². The van der Waals surface area contributed by atoms with Crippen LogP contribution in [0.1, 0.15) is 33.1 Å². The monoisotopic (exact) mass is 257 g/mol. The summed E-state index contributed by atoms with van der Waals surface area (Å²) in [5.74, 6) is 0.830. The lowest BCUT2D eigenvalue weighted by Crippen LogP contribution is -2.42. The third-order valence-electron chi connectivity index (χ3n) is 3.01. The van der Waals surface area contributed by atoms with E-state index in [4.69, 9.17) is 18.0 Å². The van der Waals surface area contributed by atoms with Gasteiger partial charge in [-0.15, -0.1) is 0 Å². The number of hydrogen-bond acceptors (Lipinski definition) is 3. The molecule has 0 atom stereocenters. The number of nitrogens with two attached hydrogens (primary N) is 1. The van der Waals surface area contributed by atoms with Crippen LogP contribution in [0.2, 0.25) is 0 Å². The molecule has 0 unspecified atom stereocenters. The highest BCUT2D eigenvalue weighted by atomic mass is 32.1. The van der Waals surface area contributed by atoms with Crippen molar-refractivity contribution in [3.63, 3.8) is 0 Å². The van der Waals surface area contributed by atoms with E-state index in [9.17, 15) is 4.79 Å². The first-order valence-electron chi connectivity index (χ1n) is 6.28. The minimum Gasteiger partial charge on any atom is -0.393 e. The highest BCUT2D eigenvalue weighted by Gasteiger charge is 2.22. The topological polar surface area (TPSA) is 58.4 Å². The van der Waals surface area contributed by atoms with E-state index in [1.807, 2.05) is 0 Å². The first-order valence-corrected chi connectivity index (χ1v) is 6.69. The molecular formula is C12H23N3OS. The molecule has 0 aromatic heterocycles. The van der Waals surface area contributed by atoms with Crippen molar-refractivity contribution in [1.82, 2.24) is 10.2 Å². The second kappa shape index (κ2) is 6.91. The molecule has 1 fully saturated rings. The number of thiocarbonyl (C=S) groups is 1. The predicted molar refractivity (Wildman–Crippen MR) is 73.8 cm³/mol. The van der Waals surface area contributed by atoms with Crippen LogP contribution >= 0.6 is 12.2 Å². The van der Waals surface area contributed by atoms with Crippen LogP contribution in [0.15, 0.2) is 0 Å². The van der Waals surface area contributed by atoms with Gasteiger partial charge in [-0.2, -0.15) is 0 Å². The van der Waals surface area contributed by atoms with Crippen molar-refractivity contribution in [1.29, 1.82) is 0 Å². The Balaban J connectivity index is 2.25. The maximum atomic E-state index is 11.7. The molecule has 17 heavy (non-hydrogen) atoms. The van der Waals surface area contributed by atoms with E-state index in [2.05, 4.69) is 24.1 Å². The molecule has 0 heterocycles. The summed E-state index contributed by atoms with van der Waals surface area (Å²) in [7, 11) is 0. The van der Waals surface area contributed by atoms with Crippen LogP contribution < -0.4 is 11.1 Å². The third kappa shape index (κ3) is 6.58. The summed E-state index contributed by atoms with van der Waals surface area (Å²) < 4.78 is 0. The summed E-state index contributed by atoms with van der Waals surface area (Å²) in [6.45, 7) is 6.18. The second-order valence-electron chi connectivity index (χ2n) is 5.03. The largest absolute Gasteiger partial charge is 0.393 e. The molecule has 0 aliphatic heterocycles. The van der Waals surface area contributed by atoms with Crippen molar-refractivity contribution in [2.45, 2.75) is 39.2 Å². The van der Waals surface area contributed by atoms with Gasteiger partial charge in [-0.1, -0.05) is 12.2 Å². The Kier molecular flexibility index (Phi) is 5.85. The highest BCUT2D eigenvalue weighted by Crippen LogP contribution is 2.27. The number of carbonyl (C=O) groups excluding carboxylic acids is 1. The zero-order chi connectivity index (χ0) is 12.8. The lowest BCUT2D eigenvalue weighted by Gasteiger charge is -2.25. The first-order chi connectivity index (χ1) is 7.99. The van der Waals surface area contributed by atoms with Crippen LogP contribution in [0.5, 0.6) is 0 Å². The molecule has 1 aliphatic carbocycles. The van der Waals surface area contributed by atoms with E-state index in [-0.39, 0.29) is 5.91 Å². The average Bonchev–Trinajstić information content (AvgIpc) is 3.04. The summed E-state index contributed by atoms with van der Waals surface area (Å²) in [5.41, 5.74) is 5.48. The Morgan fingerprint density at radius 2 is 2.18 bits per heavy atom. The zero-order valence-corrected chi connectivity index (χ0v) is 11.6. The Morgan fingerprint density at radius 3 is 2.65 bits per heavy atom. The number of amides is 1. The number of nitrogens with one attached hydrogen (secondary N) is 1. The van der Waals surface area contributed by atoms with E-state index in [1.54, 1.807) is 0 Å². The fourth-order valence-corrected chi connectivity index (χ4v) is 1.69. The van der Waals surface area contributed by atoms with Crippen LogP contribution in [-0.4, -0.2) is 41.5 Å². The first kappa shape index (κ1) is 14.4. The van der Waals surface area contributed by atoms with E-state index in [0.29, 0.717) is 24.0 Å². The van der Waals surface area contributed by atoms with Gasteiger partial charge in [0.25, 0.3) is 0 Å². The van der Waals surface area contributed by atoms with Crippen molar-refractivity contribution < 1.29 is 4.79 Å². The molecule has 3 N–H and O–H groups in total. The lowest BCUT2D eigenvalue weighted by molar-refractivity contribution is -0.122. The number of nitrogens with zero attached hydrogens (tertiary/aromatic N) is 1. The van der Waals surface area contributed by atoms with Gasteiger partial charge < -0.3 is 11.1 Å². The number of hydrogen-bond donors (Lipinski definition) is 2. The fraction of sp³-hybridized carbons (Fsp3) is 0.833. The Bertz CT molecular complexity index is 277. The van der Waals surface area contributed by atoms with Crippen molar-refractivity contribution >= 4 is 23.1 Å². The van der Waals surface area contributed by atoms with Gasteiger partial charge >= 0.3 is 0 Å². The van der Waals surface area contributed by atoms with Crippen molar-refractivity contribution in [2.75, 3.05) is 19.6 Å². The minimum atomic E-state index is 0.105. The van der Waals surface area contributed by atoms with Gasteiger partial charge in [-0.3, -0.25) is 9.69 Å². The molecule has 1 saturated carbocycles. The molecule has 5 heteroatoms. The Labute approximate surface area is 109 Å². The fourth-order valence-electron chi connectivity index (χ4n) is 1.59. The summed E-state index contributed by atoms with van der Waals surface area (Å²) in [6, 6.07) is 0.330. The summed E-state index contributed by atoms with van der Waals surface area (Å²) in [5, 5.41) is 2.97. The van der Waals surface area contributed by atoms with Crippen molar-refractivity contribution in [3.05, 3.63) is 0 Å². The minimum absolute atomic E-state index is 0.105. The van der Waals surface area contributed by atoms with Crippen molar-refractivity contribution in [3.8, 4) is 0 Å². The molecular weight excluding hydrogens is 234 g/mol. The van der Waals surface area contributed by atoms with E-state index >= 15 is 0 Å². The van der Waals surface area contributed by atoms with Gasteiger partial charge in [0, 0.05) is 25.6 Å². The van der Waals surface area contributed by atoms with E-state index < -0.39 is 0 Å². The van der Waals surface area contributed by atoms with Gasteiger partial charge in [0.05, 0.1) is 11.5 Å². The molecule has 1 aliphatic rings. The maximum absolute atomic E-state index is 11.7. The molecule has 0 aromatic rings. The summed E-state index contributed by atoms with van der Waals surface area (Å²) in [4.78, 5) is 14.3. The standard InChI is InChI=1S/C12H23N3OS/c1-9(2)15(6-5-11(13)17)8-12(16)14-7-10-3-4-10/h9-10H,3-8H2,1-2H3,(H2,13,17)(H,14,16). The molecule has 98 valence electrons. The SMILES string of the molecule is CC(C)N(CCC(N)=S)CC(=O)NCC1CC1. The predicted octanol–water partition coefficient (Wildman–Crippen LogP) is 0.899. The average molecular weight is 257 g/mol. The van der Waals surface area contributed by atoms with Crippen LogP contribution in [0.4, 0.5) is 0 Å². The maximum Gasteiger partial charge on any atom is 0.234 e. The van der Waals surface area contributed by atoms with E-state index in [0.717, 1.165) is 19.0 Å². The molecule has 4 nitrogen and oxygen atoms in total. The number of rotatable bonds is 8. The second-order valence-corrected chi connectivity index (χ2v) is 5.55. The van der Waals surface area contributed by atoms with Crippen LogP contribution in [0.3, 0.4) is 0 Å². The molecule has 0 spiro atoms. The van der Waals surface area contributed by atoms with Gasteiger partial charge in [-0.05, 0) is 32.6 Å². The number of carbonyl (C=O) groups is 1. The molecule has 0 radical (unpaired) electrons. The quantitative estimate of drug-likeness (QED) is 0.634. The molecule has 0 aromatic carbocycles. The molecule has 1 amide bonds. The van der Waals surface area contributed by atoms with Gasteiger partial charge in [0.15, 0.2) is 0 Å². The normalized spacial score (nSPS) is 15.3. The lowest BCUT2D eigenvalue weighted by atomic mass is 10.2. The van der Waals surface area contributed by atoms with Gasteiger partial charge in [0.2, 0.25) is 5.91 Å². The molecule has 0 bridgehead atoms. The summed E-state index contributed by atoms with van der Waals surface area (Å²) >= 11 is 4.86. The van der Waals surface area contributed by atoms with Crippen LogP contribution in [0, 0.1) is 5.92 Å². The Morgan fingerprint density at radius 1 is 1.53 bits per heavy atom. The smallest absolute Gasteiger partial charge is 0.234 e. The van der Waals surface area contributed by atoms with Gasteiger partial charge in [-0.25, -0.2) is 0 Å². The summed E-state index contributed by atoms with van der Waals surface area (Å²) in [6.07, 6.45) is 3.19. The van der Waals surface area contributed by atoms with Crippen LogP contribution in [-0.2, 0) is 4.79 Å². The molecule has 1 rings (SSSR count). The van der Waals surface area contributed by atoms with Gasteiger partial charge in [0.1, 0.15) is 0 Å². The Hall–Kier alpha value is -0.680. The third-order valence-corrected chi connectivity index (χ3v) is 3.21. The zero-order valence-electron chi connectivity index (χ0n) is 10.7. The molecule has 0 saturated heterocycles.